The first kappa shape index (κ1) is 15.6. The van der Waals surface area contributed by atoms with Gasteiger partial charge in [-0.25, -0.2) is 4.79 Å². The van der Waals surface area contributed by atoms with Crippen LogP contribution in [0.5, 0.6) is 0 Å². The van der Waals surface area contributed by atoms with E-state index in [4.69, 9.17) is 11.6 Å². The Bertz CT molecular complexity index is 456. The summed E-state index contributed by atoms with van der Waals surface area (Å²) in [6.07, 6.45) is 3.35. The molecule has 1 aliphatic rings. The monoisotopic (exact) mass is 314 g/mol. The molecule has 0 aromatic carbocycles. The number of rotatable bonds is 6. The summed E-state index contributed by atoms with van der Waals surface area (Å²) in [7, 11) is 0. The van der Waals surface area contributed by atoms with Gasteiger partial charge in [-0.2, -0.15) is 0 Å². The zero-order valence-corrected chi connectivity index (χ0v) is 13.9. The van der Waals surface area contributed by atoms with Gasteiger partial charge in [-0.05, 0) is 44.2 Å². The molecule has 2 amide bonds. The van der Waals surface area contributed by atoms with Crippen molar-refractivity contribution in [1.29, 1.82) is 0 Å². The molecule has 1 fully saturated rings. The predicted octanol–water partition coefficient (Wildman–Crippen LogP) is 4.68. The normalized spacial score (nSPS) is 16.2. The van der Waals surface area contributed by atoms with Gasteiger partial charge in [0.05, 0.1) is 10.4 Å². The summed E-state index contributed by atoms with van der Waals surface area (Å²) in [4.78, 5) is 15.5. The van der Waals surface area contributed by atoms with Crippen LogP contribution in [0.2, 0.25) is 4.34 Å². The van der Waals surface area contributed by atoms with Gasteiger partial charge in [0.25, 0.3) is 0 Å². The van der Waals surface area contributed by atoms with Crippen LogP contribution in [0.15, 0.2) is 12.1 Å². The van der Waals surface area contributed by atoms with Gasteiger partial charge in [0.1, 0.15) is 0 Å². The van der Waals surface area contributed by atoms with E-state index in [0.29, 0.717) is 12.0 Å². The van der Waals surface area contributed by atoms with Crippen LogP contribution in [0, 0.1) is 5.92 Å². The Morgan fingerprint density at radius 2 is 2.15 bits per heavy atom. The lowest BCUT2D eigenvalue weighted by Gasteiger charge is -2.25. The first-order valence-electron chi connectivity index (χ1n) is 7.29. The Hall–Kier alpha value is -0.740. The second kappa shape index (κ2) is 6.81. The maximum absolute atomic E-state index is 12.4. The lowest BCUT2D eigenvalue weighted by molar-refractivity contribution is 0.188. The van der Waals surface area contributed by atoms with Crippen molar-refractivity contribution in [2.45, 2.75) is 52.1 Å². The van der Waals surface area contributed by atoms with Gasteiger partial charge in [0, 0.05) is 17.5 Å². The van der Waals surface area contributed by atoms with Crippen molar-refractivity contribution in [2.75, 3.05) is 6.54 Å². The van der Waals surface area contributed by atoms with E-state index in [1.807, 2.05) is 24.0 Å². The van der Waals surface area contributed by atoms with Crippen molar-refractivity contribution in [2.24, 2.45) is 5.92 Å². The third kappa shape index (κ3) is 4.38. The van der Waals surface area contributed by atoms with Gasteiger partial charge in [-0.15, -0.1) is 11.3 Å². The fourth-order valence-corrected chi connectivity index (χ4v) is 3.20. The second-order valence-electron chi connectivity index (χ2n) is 5.92. The summed E-state index contributed by atoms with van der Waals surface area (Å²) in [5.41, 5.74) is 0. The highest BCUT2D eigenvalue weighted by Gasteiger charge is 2.32. The number of carbonyl (C=O) groups is 1. The van der Waals surface area contributed by atoms with Gasteiger partial charge in [-0.3, -0.25) is 0 Å². The largest absolute Gasteiger partial charge is 0.331 e. The standard InChI is InChI=1S/C15H23ClN2OS/c1-10(2)8-9-18(12-4-5-12)15(19)17-11(3)13-6-7-14(16)20-13/h6-7,10-12H,4-5,8-9H2,1-3H3,(H,17,19). The predicted molar refractivity (Wildman–Crippen MR) is 85.5 cm³/mol. The first-order valence-corrected chi connectivity index (χ1v) is 8.49. The van der Waals surface area contributed by atoms with Crippen molar-refractivity contribution < 1.29 is 4.79 Å². The molecule has 1 unspecified atom stereocenters. The number of nitrogens with one attached hydrogen (secondary N) is 1. The number of carbonyl (C=O) groups excluding carboxylic acids is 1. The molecule has 1 heterocycles. The average molecular weight is 315 g/mol. The summed E-state index contributed by atoms with van der Waals surface area (Å²) in [6.45, 7) is 7.25. The molecular weight excluding hydrogens is 292 g/mol. The molecule has 0 spiro atoms. The van der Waals surface area contributed by atoms with Crippen molar-refractivity contribution in [3.05, 3.63) is 21.3 Å². The van der Waals surface area contributed by atoms with Crippen molar-refractivity contribution in [3.8, 4) is 0 Å². The van der Waals surface area contributed by atoms with E-state index in [9.17, 15) is 4.79 Å². The minimum Gasteiger partial charge on any atom is -0.331 e. The molecule has 0 bridgehead atoms. The lowest BCUT2D eigenvalue weighted by atomic mass is 10.1. The van der Waals surface area contributed by atoms with Crippen LogP contribution in [0.25, 0.3) is 0 Å². The first-order chi connectivity index (χ1) is 9.47. The smallest absolute Gasteiger partial charge is 0.318 e. The highest BCUT2D eigenvalue weighted by molar-refractivity contribution is 7.16. The number of hydrogen-bond donors (Lipinski definition) is 1. The number of nitrogens with zero attached hydrogens (tertiary/aromatic N) is 1. The van der Waals surface area contributed by atoms with E-state index in [0.717, 1.165) is 35.0 Å². The molecule has 1 aromatic rings. The summed E-state index contributed by atoms with van der Waals surface area (Å²) in [6, 6.07) is 4.38. The van der Waals surface area contributed by atoms with Gasteiger partial charge in [0.2, 0.25) is 0 Å². The van der Waals surface area contributed by atoms with Crippen LogP contribution in [-0.2, 0) is 0 Å². The maximum Gasteiger partial charge on any atom is 0.318 e. The van der Waals surface area contributed by atoms with Crippen LogP contribution in [-0.4, -0.2) is 23.5 Å². The molecule has 5 heteroatoms. The summed E-state index contributed by atoms with van der Waals surface area (Å²) in [5.74, 6) is 0.623. The summed E-state index contributed by atoms with van der Waals surface area (Å²) < 4.78 is 0.764. The zero-order chi connectivity index (χ0) is 14.7. The van der Waals surface area contributed by atoms with Crippen molar-refractivity contribution in [3.63, 3.8) is 0 Å². The van der Waals surface area contributed by atoms with Crippen LogP contribution in [0.3, 0.4) is 0 Å². The Morgan fingerprint density at radius 3 is 2.65 bits per heavy atom. The maximum atomic E-state index is 12.4. The van der Waals surface area contributed by atoms with Gasteiger partial charge in [-0.1, -0.05) is 25.4 Å². The summed E-state index contributed by atoms with van der Waals surface area (Å²) in [5, 5.41) is 3.09. The SMILES string of the molecule is CC(C)CCN(C(=O)NC(C)c1ccc(Cl)s1)C1CC1. The third-order valence-corrected chi connectivity index (χ3v) is 4.97. The van der Waals surface area contributed by atoms with Crippen LogP contribution >= 0.6 is 22.9 Å². The van der Waals surface area contributed by atoms with E-state index < -0.39 is 0 Å². The molecular formula is C15H23ClN2OS. The molecule has 0 saturated heterocycles. The molecule has 1 N–H and O–H groups in total. The molecule has 112 valence electrons. The van der Waals surface area contributed by atoms with Gasteiger partial charge >= 0.3 is 6.03 Å². The molecule has 1 aromatic heterocycles. The summed E-state index contributed by atoms with van der Waals surface area (Å²) >= 11 is 7.47. The van der Waals surface area contributed by atoms with Crippen LogP contribution in [0.1, 0.15) is 51.0 Å². The van der Waals surface area contributed by atoms with E-state index in [1.54, 1.807) is 0 Å². The Balaban J connectivity index is 1.90. The lowest BCUT2D eigenvalue weighted by Crippen LogP contribution is -2.43. The van der Waals surface area contributed by atoms with E-state index in [2.05, 4.69) is 19.2 Å². The van der Waals surface area contributed by atoms with Gasteiger partial charge in [0.15, 0.2) is 0 Å². The minimum atomic E-state index is 0.0142. The van der Waals surface area contributed by atoms with E-state index in [-0.39, 0.29) is 12.1 Å². The highest BCUT2D eigenvalue weighted by atomic mass is 35.5. The molecule has 0 radical (unpaired) electrons. The highest BCUT2D eigenvalue weighted by Crippen LogP contribution is 2.29. The quantitative estimate of drug-likeness (QED) is 0.812. The number of hydrogen-bond acceptors (Lipinski definition) is 2. The fourth-order valence-electron chi connectivity index (χ4n) is 2.13. The Morgan fingerprint density at radius 1 is 1.45 bits per heavy atom. The molecule has 0 aliphatic heterocycles. The number of halogens is 1. The molecule has 2 rings (SSSR count). The average Bonchev–Trinajstić information content (AvgIpc) is 3.10. The zero-order valence-electron chi connectivity index (χ0n) is 12.4. The minimum absolute atomic E-state index is 0.0142. The van der Waals surface area contributed by atoms with Crippen LogP contribution in [0.4, 0.5) is 4.79 Å². The topological polar surface area (TPSA) is 32.3 Å². The second-order valence-corrected chi connectivity index (χ2v) is 7.67. The molecule has 20 heavy (non-hydrogen) atoms. The molecule has 1 aliphatic carbocycles. The fraction of sp³-hybridized carbons (Fsp3) is 0.667. The van der Waals surface area contributed by atoms with E-state index >= 15 is 0 Å². The Kier molecular flexibility index (Phi) is 5.33. The number of amides is 2. The molecule has 1 saturated carbocycles. The molecule has 3 nitrogen and oxygen atoms in total. The van der Waals surface area contributed by atoms with Crippen molar-refractivity contribution >= 4 is 29.0 Å². The number of urea groups is 1. The van der Waals surface area contributed by atoms with Gasteiger partial charge < -0.3 is 10.2 Å². The number of thiophene rings is 1. The van der Waals surface area contributed by atoms with Crippen LogP contribution < -0.4 is 5.32 Å². The Labute approximate surface area is 130 Å². The molecule has 1 atom stereocenters. The third-order valence-electron chi connectivity index (χ3n) is 3.56. The van der Waals surface area contributed by atoms with Crippen molar-refractivity contribution in [1.82, 2.24) is 10.2 Å². The van der Waals surface area contributed by atoms with E-state index in [1.165, 1.54) is 11.3 Å².